The Kier molecular flexibility index (Phi) is 2.09. The van der Waals surface area contributed by atoms with Gasteiger partial charge in [-0.3, -0.25) is 0 Å². The quantitative estimate of drug-likeness (QED) is 0.592. The summed E-state index contributed by atoms with van der Waals surface area (Å²) >= 11 is 9.06. The van der Waals surface area contributed by atoms with Crippen LogP contribution in [0.1, 0.15) is 6.42 Å². The molecular weight excluding hydrogens is 240 g/mol. The van der Waals surface area contributed by atoms with Crippen molar-refractivity contribution in [2.75, 3.05) is 11.5 Å². The Labute approximate surface area is 64.7 Å². The van der Waals surface area contributed by atoms with E-state index in [2.05, 4.69) is 31.9 Å². The minimum Gasteiger partial charge on any atom is -0.160 e. The molecule has 0 unspecified atom stereocenters. The zero-order valence-corrected chi connectivity index (χ0v) is 7.77. The molecule has 7 heavy (non-hydrogen) atoms. The third kappa shape index (κ3) is 1.94. The van der Waals surface area contributed by atoms with E-state index in [1.54, 1.807) is 0 Å². The van der Waals surface area contributed by atoms with E-state index in [4.69, 9.17) is 0 Å². The number of halogens is 2. The Hall–Kier alpha value is 1.31. The minimum absolute atomic E-state index is 0.282. The van der Waals surface area contributed by atoms with Crippen LogP contribution in [0, 0.1) is 0 Å². The highest BCUT2D eigenvalue weighted by molar-refractivity contribution is 9.25. The van der Waals surface area contributed by atoms with Crippen LogP contribution in [0.5, 0.6) is 0 Å². The van der Waals surface area contributed by atoms with Crippen LogP contribution in [0.25, 0.3) is 0 Å². The van der Waals surface area contributed by atoms with Crippen LogP contribution in [0.3, 0.4) is 0 Å². The lowest BCUT2D eigenvalue weighted by atomic mass is 10.4. The summed E-state index contributed by atoms with van der Waals surface area (Å²) in [4.78, 5) is 0. The van der Waals surface area contributed by atoms with Crippen LogP contribution in [0.15, 0.2) is 0 Å². The van der Waals surface area contributed by atoms with Crippen LogP contribution in [-0.2, 0) is 0 Å². The summed E-state index contributed by atoms with van der Waals surface area (Å²) in [6.07, 6.45) is 1.25. The molecule has 1 aliphatic heterocycles. The van der Waals surface area contributed by atoms with Crippen molar-refractivity contribution in [1.29, 1.82) is 0 Å². The second-order valence-electron chi connectivity index (χ2n) is 1.66. The number of rotatable bonds is 0. The van der Waals surface area contributed by atoms with Crippen molar-refractivity contribution in [2.45, 2.75) is 9.65 Å². The summed E-state index contributed by atoms with van der Waals surface area (Å²) in [6, 6.07) is 0. The standard InChI is InChI=1S/C4H6Br2S/c5-4(6)1-2-7-3-4/h1-3H2. The predicted molar refractivity (Wildman–Crippen MR) is 42.5 cm³/mol. The Morgan fingerprint density at radius 3 is 2.29 bits per heavy atom. The van der Waals surface area contributed by atoms with Crippen molar-refractivity contribution in [2.24, 2.45) is 0 Å². The van der Waals surface area contributed by atoms with Gasteiger partial charge in [-0.05, 0) is 12.2 Å². The fourth-order valence-corrected chi connectivity index (χ4v) is 3.49. The van der Waals surface area contributed by atoms with Crippen molar-refractivity contribution in [1.82, 2.24) is 0 Å². The van der Waals surface area contributed by atoms with Crippen LogP contribution < -0.4 is 0 Å². The van der Waals surface area contributed by atoms with E-state index in [-0.39, 0.29) is 3.23 Å². The molecule has 42 valence electrons. The number of hydrogen-bond donors (Lipinski definition) is 0. The molecule has 0 spiro atoms. The van der Waals surface area contributed by atoms with Crippen molar-refractivity contribution in [3.63, 3.8) is 0 Å². The lowest BCUT2D eigenvalue weighted by molar-refractivity contribution is 0.941. The molecule has 0 aromatic rings. The van der Waals surface area contributed by atoms with Gasteiger partial charge < -0.3 is 0 Å². The highest BCUT2D eigenvalue weighted by Gasteiger charge is 2.27. The van der Waals surface area contributed by atoms with Gasteiger partial charge in [0.25, 0.3) is 0 Å². The van der Waals surface area contributed by atoms with Gasteiger partial charge in [0.2, 0.25) is 0 Å². The second kappa shape index (κ2) is 2.28. The highest BCUT2D eigenvalue weighted by Crippen LogP contribution is 2.40. The van der Waals surface area contributed by atoms with Gasteiger partial charge in [0.05, 0.1) is 3.23 Å². The van der Waals surface area contributed by atoms with E-state index in [0.29, 0.717) is 0 Å². The minimum atomic E-state index is 0.282. The number of alkyl halides is 2. The molecule has 0 aromatic carbocycles. The van der Waals surface area contributed by atoms with Crippen molar-refractivity contribution >= 4 is 43.6 Å². The fraction of sp³-hybridized carbons (Fsp3) is 1.00. The maximum Gasteiger partial charge on any atom is 0.0903 e. The molecule has 0 aliphatic carbocycles. The summed E-state index contributed by atoms with van der Waals surface area (Å²) in [6.45, 7) is 0. The fourth-order valence-electron chi connectivity index (χ4n) is 0.515. The molecule has 0 aromatic heterocycles. The molecular formula is C4H6Br2S. The predicted octanol–water partition coefficient (Wildman–Crippen LogP) is 2.61. The first kappa shape index (κ1) is 6.43. The molecule has 0 bridgehead atoms. The van der Waals surface area contributed by atoms with Crippen LogP contribution in [-0.4, -0.2) is 14.7 Å². The SMILES string of the molecule is BrC1(Br)CCSC1. The number of thioether (sulfide) groups is 1. The van der Waals surface area contributed by atoms with Gasteiger partial charge in [0, 0.05) is 5.75 Å². The van der Waals surface area contributed by atoms with Gasteiger partial charge in [-0.25, -0.2) is 0 Å². The molecule has 1 heterocycles. The monoisotopic (exact) mass is 244 g/mol. The maximum absolute atomic E-state index is 3.54. The van der Waals surface area contributed by atoms with E-state index in [9.17, 15) is 0 Å². The largest absolute Gasteiger partial charge is 0.160 e. The molecule has 1 aliphatic rings. The summed E-state index contributed by atoms with van der Waals surface area (Å²) in [5.74, 6) is 2.49. The Bertz CT molecular complexity index is 64.1. The van der Waals surface area contributed by atoms with Crippen LogP contribution >= 0.6 is 43.6 Å². The lowest BCUT2D eigenvalue weighted by Crippen LogP contribution is -2.06. The Morgan fingerprint density at radius 1 is 1.43 bits per heavy atom. The molecule has 0 N–H and O–H groups in total. The van der Waals surface area contributed by atoms with E-state index in [1.807, 2.05) is 11.8 Å². The van der Waals surface area contributed by atoms with Crippen LogP contribution in [0.2, 0.25) is 0 Å². The normalized spacial score (nSPS) is 28.3. The van der Waals surface area contributed by atoms with Gasteiger partial charge in [-0.2, -0.15) is 11.8 Å². The average Bonchev–Trinajstić information content (AvgIpc) is 1.84. The lowest BCUT2D eigenvalue weighted by Gasteiger charge is -2.07. The second-order valence-corrected chi connectivity index (χ2v) is 6.86. The first-order valence-electron chi connectivity index (χ1n) is 2.16. The third-order valence-corrected chi connectivity index (χ3v) is 4.21. The zero-order chi connectivity index (χ0) is 5.33. The summed E-state index contributed by atoms with van der Waals surface area (Å²) in [5, 5.41) is 0. The van der Waals surface area contributed by atoms with E-state index in [1.165, 1.54) is 17.9 Å². The Morgan fingerprint density at radius 2 is 2.14 bits per heavy atom. The van der Waals surface area contributed by atoms with E-state index < -0.39 is 0 Å². The van der Waals surface area contributed by atoms with E-state index in [0.717, 1.165) is 0 Å². The van der Waals surface area contributed by atoms with Gasteiger partial charge >= 0.3 is 0 Å². The summed E-state index contributed by atoms with van der Waals surface area (Å²) < 4.78 is 0.282. The molecule has 0 saturated carbocycles. The molecule has 0 radical (unpaired) electrons. The summed E-state index contributed by atoms with van der Waals surface area (Å²) in [5.41, 5.74) is 0. The highest BCUT2D eigenvalue weighted by atomic mass is 79.9. The van der Waals surface area contributed by atoms with Crippen molar-refractivity contribution in [3.05, 3.63) is 0 Å². The van der Waals surface area contributed by atoms with Crippen molar-refractivity contribution < 1.29 is 0 Å². The van der Waals surface area contributed by atoms with Gasteiger partial charge in [-0.15, -0.1) is 0 Å². The molecule has 3 heteroatoms. The molecule has 1 fully saturated rings. The Balaban J connectivity index is 2.40. The smallest absolute Gasteiger partial charge is 0.0903 e. The van der Waals surface area contributed by atoms with Gasteiger partial charge in [-0.1, -0.05) is 31.9 Å². The van der Waals surface area contributed by atoms with Gasteiger partial charge in [0.15, 0.2) is 0 Å². The van der Waals surface area contributed by atoms with E-state index >= 15 is 0 Å². The van der Waals surface area contributed by atoms with Crippen molar-refractivity contribution in [3.8, 4) is 0 Å². The third-order valence-electron chi connectivity index (χ3n) is 0.925. The first-order chi connectivity index (χ1) is 3.21. The molecule has 0 atom stereocenters. The molecule has 0 nitrogen and oxygen atoms in total. The molecule has 0 amide bonds. The zero-order valence-electron chi connectivity index (χ0n) is 3.79. The first-order valence-corrected chi connectivity index (χ1v) is 4.90. The average molecular weight is 246 g/mol. The molecule has 1 rings (SSSR count). The topological polar surface area (TPSA) is 0 Å². The van der Waals surface area contributed by atoms with Gasteiger partial charge in [0.1, 0.15) is 0 Å². The summed E-state index contributed by atoms with van der Waals surface area (Å²) in [7, 11) is 0. The molecule has 1 saturated heterocycles. The maximum atomic E-state index is 3.54. The van der Waals surface area contributed by atoms with Crippen LogP contribution in [0.4, 0.5) is 0 Å². The number of hydrogen-bond acceptors (Lipinski definition) is 1.